The Labute approximate surface area is 225 Å². The van der Waals surface area contributed by atoms with E-state index in [-0.39, 0.29) is 5.78 Å². The van der Waals surface area contributed by atoms with Gasteiger partial charge in [-0.15, -0.1) is 0 Å². The summed E-state index contributed by atoms with van der Waals surface area (Å²) in [7, 11) is 0. The summed E-state index contributed by atoms with van der Waals surface area (Å²) in [6.45, 7) is 5.81. The first-order chi connectivity index (χ1) is 19.0. The summed E-state index contributed by atoms with van der Waals surface area (Å²) < 4.78 is 1.60. The standard InChI is InChI=1S/C30H28N8O/c1-18-35-26-6-5-24(15-27(26)36-18)38-30(31)25(17-34-38)29(39)23-13-20-3-2-19(12-22(20)14-23)21-4-7-28(33-16-21)37-10-8-32-9-11-37/h2-7,12-13,15-17,32H,8-11,14,31H2,1H3,(H,35,36). The van der Waals surface area contributed by atoms with Crippen LogP contribution in [-0.2, 0) is 6.42 Å². The number of nitrogens with two attached hydrogens (primary N) is 1. The number of H-pyrrole nitrogens is 1. The van der Waals surface area contributed by atoms with E-state index in [2.05, 4.69) is 55.6 Å². The van der Waals surface area contributed by atoms with Gasteiger partial charge in [-0.2, -0.15) is 5.10 Å². The van der Waals surface area contributed by atoms with E-state index in [4.69, 9.17) is 10.7 Å². The van der Waals surface area contributed by atoms with Crippen molar-refractivity contribution in [1.82, 2.24) is 30.0 Å². The predicted octanol–water partition coefficient (Wildman–Crippen LogP) is 3.93. The number of aryl methyl sites for hydroxylation is 1. The maximum Gasteiger partial charge on any atom is 0.194 e. The minimum Gasteiger partial charge on any atom is -0.383 e. The third kappa shape index (κ3) is 4.17. The minimum absolute atomic E-state index is 0.1000. The lowest BCUT2D eigenvalue weighted by Gasteiger charge is -2.28. The van der Waals surface area contributed by atoms with Crippen LogP contribution < -0.4 is 16.0 Å². The Bertz CT molecular complexity index is 1760. The number of nitrogen functional groups attached to an aromatic ring is 1. The molecule has 1 aliphatic carbocycles. The summed E-state index contributed by atoms with van der Waals surface area (Å²) >= 11 is 0. The van der Waals surface area contributed by atoms with Crippen molar-refractivity contribution in [3.05, 3.63) is 89.0 Å². The largest absolute Gasteiger partial charge is 0.383 e. The molecule has 3 aromatic heterocycles. The van der Waals surface area contributed by atoms with Crippen LogP contribution in [0.1, 0.15) is 27.3 Å². The second-order valence-corrected chi connectivity index (χ2v) is 10.1. The average Bonchev–Trinajstić information content (AvgIpc) is 3.68. The number of imidazole rings is 1. The smallest absolute Gasteiger partial charge is 0.194 e. The number of allylic oxidation sites excluding steroid dienone is 1. The first kappa shape index (κ1) is 23.4. The van der Waals surface area contributed by atoms with Crippen LogP contribution >= 0.6 is 0 Å². The molecule has 0 saturated carbocycles. The number of hydrogen-bond donors (Lipinski definition) is 3. The number of fused-ring (bicyclic) bond motifs is 2. The SMILES string of the molecule is Cc1nc2ccc(-n3ncc(C(=O)C4=Cc5ccc(-c6ccc(N7CCNCC7)nc6)cc5C4)c3N)cc2[nH]1. The fraction of sp³-hybridized carbons (Fsp3) is 0.200. The summed E-state index contributed by atoms with van der Waals surface area (Å²) in [5.74, 6) is 2.07. The number of anilines is 2. The molecule has 4 N–H and O–H groups in total. The molecular weight excluding hydrogens is 488 g/mol. The molecule has 2 aromatic carbocycles. The molecule has 0 amide bonds. The molecule has 39 heavy (non-hydrogen) atoms. The molecule has 0 spiro atoms. The number of aromatic nitrogens is 5. The van der Waals surface area contributed by atoms with Crippen molar-refractivity contribution in [1.29, 1.82) is 0 Å². The maximum atomic E-state index is 13.5. The van der Waals surface area contributed by atoms with E-state index in [1.807, 2.05) is 37.4 Å². The first-order valence-corrected chi connectivity index (χ1v) is 13.1. The van der Waals surface area contributed by atoms with Crippen LogP contribution in [0, 0.1) is 6.92 Å². The molecule has 7 rings (SSSR count). The number of hydrogen-bond acceptors (Lipinski definition) is 7. The molecule has 0 atom stereocenters. The number of carbonyl (C=O) groups is 1. The van der Waals surface area contributed by atoms with E-state index < -0.39 is 0 Å². The molecule has 0 radical (unpaired) electrons. The van der Waals surface area contributed by atoms with Crippen LogP contribution in [0.3, 0.4) is 0 Å². The second kappa shape index (κ2) is 9.21. The van der Waals surface area contributed by atoms with E-state index >= 15 is 0 Å². The highest BCUT2D eigenvalue weighted by molar-refractivity contribution is 6.15. The zero-order chi connectivity index (χ0) is 26.5. The van der Waals surface area contributed by atoms with Gasteiger partial charge in [0.1, 0.15) is 17.5 Å². The molecule has 4 heterocycles. The molecule has 194 valence electrons. The zero-order valence-electron chi connectivity index (χ0n) is 21.6. The van der Waals surface area contributed by atoms with Crippen molar-refractivity contribution in [2.45, 2.75) is 13.3 Å². The number of pyridine rings is 1. The van der Waals surface area contributed by atoms with Crippen LogP contribution in [0.25, 0.3) is 33.9 Å². The number of nitrogens with zero attached hydrogens (tertiary/aromatic N) is 5. The number of benzene rings is 2. The van der Waals surface area contributed by atoms with Gasteiger partial charge in [-0.3, -0.25) is 4.79 Å². The van der Waals surface area contributed by atoms with Crippen molar-refractivity contribution in [3.63, 3.8) is 0 Å². The normalized spacial score (nSPS) is 15.0. The van der Waals surface area contributed by atoms with Gasteiger partial charge in [0.15, 0.2) is 5.78 Å². The van der Waals surface area contributed by atoms with Gasteiger partial charge in [0.05, 0.1) is 28.5 Å². The summed E-state index contributed by atoms with van der Waals surface area (Å²) in [5.41, 5.74) is 14.4. The van der Waals surface area contributed by atoms with Crippen LogP contribution in [0.5, 0.6) is 0 Å². The summed E-state index contributed by atoms with van der Waals surface area (Å²) in [6, 6.07) is 16.3. The molecule has 9 heteroatoms. The van der Waals surface area contributed by atoms with Gasteiger partial charge >= 0.3 is 0 Å². The van der Waals surface area contributed by atoms with Gasteiger partial charge in [-0.05, 0) is 60.0 Å². The van der Waals surface area contributed by atoms with Crippen LogP contribution in [-0.4, -0.2) is 56.7 Å². The van der Waals surface area contributed by atoms with Gasteiger partial charge in [0, 0.05) is 49.9 Å². The number of carbonyl (C=O) groups excluding carboxylic acids is 1. The third-order valence-electron chi connectivity index (χ3n) is 7.55. The Morgan fingerprint density at radius 2 is 1.85 bits per heavy atom. The molecule has 5 aromatic rings. The lowest BCUT2D eigenvalue weighted by Crippen LogP contribution is -2.43. The Morgan fingerprint density at radius 1 is 1.00 bits per heavy atom. The van der Waals surface area contributed by atoms with Crippen molar-refractivity contribution >= 4 is 34.5 Å². The first-order valence-electron chi connectivity index (χ1n) is 13.1. The highest BCUT2D eigenvalue weighted by atomic mass is 16.1. The van der Waals surface area contributed by atoms with E-state index in [1.54, 1.807) is 10.9 Å². The van der Waals surface area contributed by atoms with Crippen LogP contribution in [0.2, 0.25) is 0 Å². The van der Waals surface area contributed by atoms with E-state index in [0.717, 1.165) is 76.8 Å². The number of piperazine rings is 1. The topological polar surface area (TPSA) is 118 Å². The predicted molar refractivity (Wildman–Crippen MR) is 153 cm³/mol. The minimum atomic E-state index is -0.1000. The molecule has 1 saturated heterocycles. The third-order valence-corrected chi connectivity index (χ3v) is 7.55. The number of nitrogens with one attached hydrogen (secondary N) is 2. The monoisotopic (exact) mass is 516 g/mol. The highest BCUT2D eigenvalue weighted by Crippen LogP contribution is 2.33. The van der Waals surface area contributed by atoms with E-state index in [9.17, 15) is 4.79 Å². The molecule has 0 unspecified atom stereocenters. The summed E-state index contributed by atoms with van der Waals surface area (Å²) in [6.07, 6.45) is 6.01. The Morgan fingerprint density at radius 3 is 2.67 bits per heavy atom. The zero-order valence-corrected chi connectivity index (χ0v) is 21.6. The molecule has 1 fully saturated rings. The molecule has 1 aliphatic heterocycles. The lowest BCUT2D eigenvalue weighted by atomic mass is 10.00. The average molecular weight is 517 g/mol. The van der Waals surface area contributed by atoms with Gasteiger partial charge in [0.2, 0.25) is 0 Å². The Balaban J connectivity index is 1.10. The van der Waals surface area contributed by atoms with Crippen LogP contribution in [0.15, 0.2) is 66.5 Å². The lowest BCUT2D eigenvalue weighted by molar-refractivity contribution is 0.103. The maximum absolute atomic E-state index is 13.5. The molecule has 9 nitrogen and oxygen atoms in total. The number of Topliss-reactive ketones (excluding diaryl/α,β-unsaturated/α-hetero) is 1. The van der Waals surface area contributed by atoms with Crippen molar-refractivity contribution < 1.29 is 4.79 Å². The molecular formula is C30H28N8O. The molecule has 2 aliphatic rings. The number of rotatable bonds is 5. The fourth-order valence-electron chi connectivity index (χ4n) is 5.48. The summed E-state index contributed by atoms with van der Waals surface area (Å²) in [4.78, 5) is 28.2. The van der Waals surface area contributed by atoms with Crippen molar-refractivity contribution in [2.75, 3.05) is 36.8 Å². The molecule has 0 bridgehead atoms. The second-order valence-electron chi connectivity index (χ2n) is 10.1. The summed E-state index contributed by atoms with van der Waals surface area (Å²) in [5, 5.41) is 7.80. The van der Waals surface area contributed by atoms with Gasteiger partial charge in [-0.1, -0.05) is 18.2 Å². The quantitative estimate of drug-likeness (QED) is 0.303. The van der Waals surface area contributed by atoms with Gasteiger partial charge in [-0.25, -0.2) is 14.6 Å². The van der Waals surface area contributed by atoms with E-state index in [1.165, 1.54) is 0 Å². The highest BCUT2D eigenvalue weighted by Gasteiger charge is 2.24. The fourth-order valence-corrected chi connectivity index (χ4v) is 5.48. The van der Waals surface area contributed by atoms with E-state index in [0.29, 0.717) is 23.4 Å². The number of aromatic amines is 1. The van der Waals surface area contributed by atoms with Gasteiger partial charge < -0.3 is 20.9 Å². The van der Waals surface area contributed by atoms with Crippen molar-refractivity contribution in [3.8, 4) is 16.8 Å². The van der Waals surface area contributed by atoms with Crippen LogP contribution in [0.4, 0.5) is 11.6 Å². The Kier molecular flexibility index (Phi) is 5.52. The Hall–Kier alpha value is -4.76. The number of ketones is 1. The van der Waals surface area contributed by atoms with Crippen molar-refractivity contribution in [2.24, 2.45) is 0 Å². The van der Waals surface area contributed by atoms with Gasteiger partial charge in [0.25, 0.3) is 0 Å².